The van der Waals surface area contributed by atoms with E-state index in [-0.39, 0.29) is 5.92 Å². The molecular weight excluding hydrogens is 392 g/mol. The third kappa shape index (κ3) is 4.09. The lowest BCUT2D eigenvalue weighted by atomic mass is 9.97. The van der Waals surface area contributed by atoms with E-state index in [0.717, 1.165) is 25.2 Å². The first-order chi connectivity index (χ1) is 12.4. The maximum absolute atomic E-state index is 12.6. The first-order valence-electron chi connectivity index (χ1n) is 8.50. The summed E-state index contributed by atoms with van der Waals surface area (Å²) in [5.41, 5.74) is 0.686. The van der Waals surface area contributed by atoms with Crippen LogP contribution in [0.15, 0.2) is 29.7 Å². The van der Waals surface area contributed by atoms with Crippen LogP contribution in [0.25, 0.3) is 6.08 Å². The number of nitrogens with zero attached hydrogens (tertiary/aromatic N) is 3. The highest BCUT2D eigenvalue weighted by atomic mass is 35.5. The van der Waals surface area contributed by atoms with E-state index in [9.17, 15) is 8.42 Å². The summed E-state index contributed by atoms with van der Waals surface area (Å²) in [7, 11) is -3.48. The number of nitrogens with one attached hydrogen (secondary N) is 1. The Kier molecular flexibility index (Phi) is 5.96. The summed E-state index contributed by atoms with van der Waals surface area (Å²) < 4.78 is 29.3. The average molecular weight is 413 g/mol. The van der Waals surface area contributed by atoms with E-state index in [1.807, 2.05) is 23.6 Å². The molecule has 1 saturated heterocycles. The van der Waals surface area contributed by atoms with Crippen molar-refractivity contribution in [2.75, 3.05) is 13.1 Å². The third-order valence-corrected chi connectivity index (χ3v) is 6.83. The van der Waals surface area contributed by atoms with E-state index in [1.165, 1.54) is 9.71 Å². The van der Waals surface area contributed by atoms with Crippen LogP contribution >= 0.6 is 23.8 Å². The summed E-state index contributed by atoms with van der Waals surface area (Å²) in [4.78, 5) is 0. The number of H-pyrrole nitrogens is 1. The fraction of sp³-hybridized carbons (Fsp3) is 0.412. The number of aromatic amines is 1. The maximum atomic E-state index is 12.6. The maximum Gasteiger partial charge on any atom is 0.236 e. The molecule has 1 aliphatic heterocycles. The number of halogens is 1. The molecule has 2 aromatic rings. The van der Waals surface area contributed by atoms with Gasteiger partial charge in [-0.1, -0.05) is 29.8 Å². The van der Waals surface area contributed by atoms with Gasteiger partial charge in [-0.15, -0.1) is 0 Å². The molecule has 0 aliphatic carbocycles. The molecule has 1 aromatic carbocycles. The van der Waals surface area contributed by atoms with Crippen molar-refractivity contribution in [1.82, 2.24) is 19.1 Å². The largest absolute Gasteiger partial charge is 0.304 e. The number of piperidine rings is 1. The van der Waals surface area contributed by atoms with Crippen molar-refractivity contribution < 1.29 is 8.42 Å². The molecule has 0 spiro atoms. The molecule has 1 fully saturated rings. The zero-order valence-electron chi connectivity index (χ0n) is 14.4. The van der Waals surface area contributed by atoms with E-state index in [2.05, 4.69) is 10.2 Å². The predicted molar refractivity (Wildman–Crippen MR) is 106 cm³/mol. The SMILES string of the molecule is CCn1c(C2CCN(S(=O)(=O)C=Cc3ccccc3Cl)CC2)n[nH]c1=S. The Morgan fingerprint density at radius 1 is 1.35 bits per heavy atom. The van der Waals surface area contributed by atoms with Gasteiger partial charge in [-0.2, -0.15) is 9.40 Å². The lowest BCUT2D eigenvalue weighted by Gasteiger charge is -2.29. The van der Waals surface area contributed by atoms with Gasteiger partial charge in [0.1, 0.15) is 5.82 Å². The van der Waals surface area contributed by atoms with Crippen molar-refractivity contribution >= 4 is 39.9 Å². The van der Waals surface area contributed by atoms with Gasteiger partial charge in [-0.3, -0.25) is 5.10 Å². The molecule has 0 atom stereocenters. The van der Waals surface area contributed by atoms with E-state index in [4.69, 9.17) is 23.8 Å². The monoisotopic (exact) mass is 412 g/mol. The second-order valence-corrected chi connectivity index (χ2v) is 8.79. The average Bonchev–Trinajstić information content (AvgIpc) is 3.02. The number of hydrogen-bond acceptors (Lipinski definition) is 4. The van der Waals surface area contributed by atoms with Crippen LogP contribution < -0.4 is 0 Å². The van der Waals surface area contributed by atoms with Gasteiger partial charge in [0.2, 0.25) is 10.0 Å². The molecule has 140 valence electrons. The van der Waals surface area contributed by atoms with Crippen molar-refractivity contribution in [2.45, 2.75) is 32.2 Å². The summed E-state index contributed by atoms with van der Waals surface area (Å²) in [6.07, 6.45) is 2.99. The van der Waals surface area contributed by atoms with Crippen LogP contribution in [-0.2, 0) is 16.6 Å². The molecule has 1 aliphatic rings. The van der Waals surface area contributed by atoms with Gasteiger partial charge in [0, 0.05) is 36.0 Å². The summed E-state index contributed by atoms with van der Waals surface area (Å²) >= 11 is 11.3. The van der Waals surface area contributed by atoms with Gasteiger partial charge in [0.05, 0.1) is 0 Å². The Balaban J connectivity index is 1.69. The standard InChI is InChI=1S/C17H21ClN4O2S2/c1-2-22-16(19-20-17(22)25)14-7-10-21(11-8-14)26(23,24)12-9-13-5-3-4-6-15(13)18/h3-6,9,12,14H,2,7-8,10-11H2,1H3,(H,20,25). The second-order valence-electron chi connectivity index (χ2n) is 6.17. The van der Waals surface area contributed by atoms with Crippen LogP contribution in [0, 0.1) is 4.77 Å². The Morgan fingerprint density at radius 2 is 2.04 bits per heavy atom. The minimum absolute atomic E-state index is 0.210. The van der Waals surface area contributed by atoms with Crippen LogP contribution in [0.2, 0.25) is 5.02 Å². The van der Waals surface area contributed by atoms with Gasteiger partial charge in [0.25, 0.3) is 0 Å². The molecule has 0 bridgehead atoms. The molecule has 6 nitrogen and oxygen atoms in total. The van der Waals surface area contributed by atoms with Gasteiger partial charge < -0.3 is 4.57 Å². The highest BCUT2D eigenvalue weighted by Gasteiger charge is 2.29. The topological polar surface area (TPSA) is 71.0 Å². The molecule has 3 rings (SSSR count). The molecule has 0 radical (unpaired) electrons. The first-order valence-corrected chi connectivity index (χ1v) is 10.8. The Hall–Kier alpha value is -1.48. The third-order valence-electron chi connectivity index (χ3n) is 4.61. The lowest BCUT2D eigenvalue weighted by molar-refractivity contribution is 0.312. The Morgan fingerprint density at radius 3 is 2.69 bits per heavy atom. The molecule has 0 unspecified atom stereocenters. The number of aromatic nitrogens is 3. The minimum Gasteiger partial charge on any atom is -0.304 e. The molecule has 9 heteroatoms. The summed E-state index contributed by atoms with van der Waals surface area (Å²) in [5.74, 6) is 1.13. The highest BCUT2D eigenvalue weighted by Crippen LogP contribution is 2.28. The minimum atomic E-state index is -3.48. The molecule has 1 N–H and O–H groups in total. The second kappa shape index (κ2) is 8.04. The molecule has 1 aromatic heterocycles. The highest BCUT2D eigenvalue weighted by molar-refractivity contribution is 7.92. The van der Waals surface area contributed by atoms with Crippen LogP contribution in [0.4, 0.5) is 0 Å². The number of rotatable bonds is 5. The predicted octanol–water partition coefficient (Wildman–Crippen LogP) is 3.79. The molecular formula is C17H21ClN4O2S2. The fourth-order valence-electron chi connectivity index (χ4n) is 3.17. The molecule has 0 saturated carbocycles. The molecule has 2 heterocycles. The van der Waals surface area contributed by atoms with E-state index >= 15 is 0 Å². The normalized spacial score (nSPS) is 17.2. The number of hydrogen-bond donors (Lipinski definition) is 1. The first kappa shape index (κ1) is 19.3. The van der Waals surface area contributed by atoms with Gasteiger partial charge in [0.15, 0.2) is 4.77 Å². The van der Waals surface area contributed by atoms with Gasteiger partial charge in [-0.25, -0.2) is 8.42 Å². The van der Waals surface area contributed by atoms with Crippen molar-refractivity contribution in [3.05, 3.63) is 50.9 Å². The van der Waals surface area contributed by atoms with Gasteiger partial charge >= 0.3 is 0 Å². The zero-order valence-corrected chi connectivity index (χ0v) is 16.8. The van der Waals surface area contributed by atoms with Crippen LogP contribution in [-0.4, -0.2) is 40.6 Å². The summed E-state index contributed by atoms with van der Waals surface area (Å²) in [6, 6.07) is 7.16. The van der Waals surface area contributed by atoms with E-state index in [1.54, 1.807) is 18.2 Å². The lowest BCUT2D eigenvalue weighted by Crippen LogP contribution is -2.37. The zero-order chi connectivity index (χ0) is 18.7. The fourth-order valence-corrected chi connectivity index (χ4v) is 4.85. The van der Waals surface area contributed by atoms with Crippen LogP contribution in [0.5, 0.6) is 0 Å². The van der Waals surface area contributed by atoms with Crippen molar-refractivity contribution in [3.63, 3.8) is 0 Å². The van der Waals surface area contributed by atoms with Gasteiger partial charge in [-0.05, 0) is 49.7 Å². The van der Waals surface area contributed by atoms with E-state index in [0.29, 0.717) is 28.4 Å². The quantitative estimate of drug-likeness (QED) is 0.758. The van der Waals surface area contributed by atoms with Crippen LogP contribution in [0.3, 0.4) is 0 Å². The number of benzene rings is 1. The molecule has 0 amide bonds. The number of sulfonamides is 1. The summed E-state index contributed by atoms with van der Waals surface area (Å²) in [6.45, 7) is 3.70. The van der Waals surface area contributed by atoms with Crippen molar-refractivity contribution in [3.8, 4) is 0 Å². The van der Waals surface area contributed by atoms with E-state index < -0.39 is 10.0 Å². The molecule has 26 heavy (non-hydrogen) atoms. The van der Waals surface area contributed by atoms with Crippen molar-refractivity contribution in [1.29, 1.82) is 0 Å². The van der Waals surface area contributed by atoms with Crippen LogP contribution in [0.1, 0.15) is 37.1 Å². The Labute approximate surface area is 163 Å². The van der Waals surface area contributed by atoms with Crippen molar-refractivity contribution in [2.24, 2.45) is 0 Å². The Bertz CT molecular complexity index is 957. The summed E-state index contributed by atoms with van der Waals surface area (Å²) in [5, 5.41) is 8.92. The smallest absolute Gasteiger partial charge is 0.236 e.